The first-order valence-electron chi connectivity index (χ1n) is 15.2. The first kappa shape index (κ1) is 33.9. The van der Waals surface area contributed by atoms with Crippen LogP contribution in [0.15, 0.2) is 0 Å². The summed E-state index contributed by atoms with van der Waals surface area (Å²) in [5, 5.41) is 0. The first-order valence-corrected chi connectivity index (χ1v) is 15.2. The molecule has 4 nitrogen and oxygen atoms in total. The standard InChI is InChI=1S/C31H60O4/c1-6-29(26-31(33)35-25-19-13-15-21-28(4)5)22-16-10-8-7-9-11-17-23-30(32)34-24-18-12-14-20-27(2)3/h27-29H,6-26H2,1-5H3. The van der Waals surface area contributed by atoms with Crippen LogP contribution in [0.4, 0.5) is 0 Å². The van der Waals surface area contributed by atoms with Gasteiger partial charge in [-0.2, -0.15) is 0 Å². The maximum absolute atomic E-state index is 12.1. The van der Waals surface area contributed by atoms with Crippen LogP contribution in [0.2, 0.25) is 0 Å². The highest BCUT2D eigenvalue weighted by Gasteiger charge is 2.13. The van der Waals surface area contributed by atoms with Gasteiger partial charge in [0.15, 0.2) is 0 Å². The van der Waals surface area contributed by atoms with Crippen molar-refractivity contribution in [1.29, 1.82) is 0 Å². The van der Waals surface area contributed by atoms with Crippen LogP contribution in [0, 0.1) is 17.8 Å². The number of carbonyl (C=O) groups is 2. The molecule has 0 aliphatic rings. The Labute approximate surface area is 218 Å². The number of hydrogen-bond donors (Lipinski definition) is 0. The molecule has 0 heterocycles. The molecular weight excluding hydrogens is 436 g/mol. The van der Waals surface area contributed by atoms with Crippen molar-refractivity contribution >= 4 is 11.9 Å². The third kappa shape index (κ3) is 25.8. The second-order valence-electron chi connectivity index (χ2n) is 11.4. The molecule has 1 atom stereocenters. The molecule has 4 heteroatoms. The second kappa shape index (κ2) is 24.6. The van der Waals surface area contributed by atoms with Crippen LogP contribution < -0.4 is 0 Å². The van der Waals surface area contributed by atoms with Crippen molar-refractivity contribution < 1.29 is 19.1 Å². The van der Waals surface area contributed by atoms with E-state index in [1.807, 2.05) is 0 Å². The van der Waals surface area contributed by atoms with E-state index in [-0.39, 0.29) is 11.9 Å². The lowest BCUT2D eigenvalue weighted by molar-refractivity contribution is -0.145. The van der Waals surface area contributed by atoms with Crippen LogP contribution in [0.25, 0.3) is 0 Å². The molecule has 1 unspecified atom stereocenters. The van der Waals surface area contributed by atoms with Crippen molar-refractivity contribution in [1.82, 2.24) is 0 Å². The third-order valence-corrected chi connectivity index (χ3v) is 6.90. The van der Waals surface area contributed by atoms with Gasteiger partial charge in [0.25, 0.3) is 0 Å². The van der Waals surface area contributed by atoms with Crippen molar-refractivity contribution in [2.75, 3.05) is 13.2 Å². The molecular formula is C31H60O4. The topological polar surface area (TPSA) is 52.6 Å². The van der Waals surface area contributed by atoms with E-state index in [9.17, 15) is 9.59 Å². The van der Waals surface area contributed by atoms with Crippen LogP contribution in [0.3, 0.4) is 0 Å². The number of esters is 2. The fraction of sp³-hybridized carbons (Fsp3) is 0.935. The van der Waals surface area contributed by atoms with Crippen LogP contribution in [-0.4, -0.2) is 25.2 Å². The molecule has 0 fully saturated rings. The maximum atomic E-state index is 12.1. The SMILES string of the molecule is CCC(CCCCCCCCCC(=O)OCCCCCC(C)C)CC(=O)OCCCCCC(C)C. The van der Waals surface area contributed by atoms with E-state index in [0.717, 1.165) is 63.2 Å². The molecule has 208 valence electrons. The molecule has 0 rings (SSSR count). The molecule has 0 aliphatic carbocycles. The summed E-state index contributed by atoms with van der Waals surface area (Å²) in [7, 11) is 0. The quantitative estimate of drug-likeness (QED) is 0.0932. The Kier molecular flexibility index (Phi) is 23.9. The van der Waals surface area contributed by atoms with Gasteiger partial charge in [-0.1, -0.05) is 118 Å². The average molecular weight is 497 g/mol. The summed E-state index contributed by atoms with van der Waals surface area (Å²) in [5.41, 5.74) is 0. The van der Waals surface area contributed by atoms with E-state index in [1.54, 1.807) is 0 Å². The Hall–Kier alpha value is -1.06. The molecule has 0 aromatic rings. The van der Waals surface area contributed by atoms with Crippen LogP contribution in [0.1, 0.15) is 157 Å². The van der Waals surface area contributed by atoms with E-state index in [0.29, 0.717) is 32.0 Å². The van der Waals surface area contributed by atoms with Crippen LogP contribution in [-0.2, 0) is 19.1 Å². The van der Waals surface area contributed by atoms with E-state index < -0.39 is 0 Å². The largest absolute Gasteiger partial charge is 0.466 e. The summed E-state index contributed by atoms with van der Waals surface area (Å²) >= 11 is 0. The first-order chi connectivity index (χ1) is 16.8. The minimum Gasteiger partial charge on any atom is -0.466 e. The lowest BCUT2D eigenvalue weighted by atomic mass is 9.95. The Bertz CT molecular complexity index is 486. The fourth-order valence-electron chi connectivity index (χ4n) is 4.44. The molecule has 35 heavy (non-hydrogen) atoms. The Balaban J connectivity index is 3.51. The number of carbonyl (C=O) groups excluding carboxylic acids is 2. The van der Waals surface area contributed by atoms with Gasteiger partial charge < -0.3 is 9.47 Å². The van der Waals surface area contributed by atoms with Gasteiger partial charge in [-0.25, -0.2) is 0 Å². The summed E-state index contributed by atoms with van der Waals surface area (Å²) in [6, 6.07) is 0. The monoisotopic (exact) mass is 496 g/mol. The third-order valence-electron chi connectivity index (χ3n) is 6.90. The zero-order valence-electron chi connectivity index (χ0n) is 24.2. The minimum atomic E-state index is -0.0240. The van der Waals surface area contributed by atoms with Gasteiger partial charge >= 0.3 is 11.9 Å². The summed E-state index contributed by atoms with van der Waals surface area (Å²) in [6.45, 7) is 12.4. The van der Waals surface area contributed by atoms with Gasteiger partial charge in [-0.3, -0.25) is 9.59 Å². The van der Waals surface area contributed by atoms with E-state index in [2.05, 4.69) is 34.6 Å². The Morgan fingerprint density at radius 2 is 0.971 bits per heavy atom. The van der Waals surface area contributed by atoms with Crippen LogP contribution in [0.5, 0.6) is 0 Å². The lowest BCUT2D eigenvalue weighted by Crippen LogP contribution is -2.12. The van der Waals surface area contributed by atoms with Gasteiger partial charge in [-0.05, 0) is 43.4 Å². The van der Waals surface area contributed by atoms with E-state index in [4.69, 9.17) is 9.47 Å². The average Bonchev–Trinajstić information content (AvgIpc) is 2.81. The summed E-state index contributed by atoms with van der Waals surface area (Å²) in [4.78, 5) is 23.9. The van der Waals surface area contributed by atoms with Crippen LogP contribution >= 0.6 is 0 Å². The van der Waals surface area contributed by atoms with Gasteiger partial charge in [-0.15, -0.1) is 0 Å². The predicted octanol–water partition coefficient (Wildman–Crippen LogP) is 9.43. The number of hydrogen-bond acceptors (Lipinski definition) is 4. The van der Waals surface area contributed by atoms with Crippen molar-refractivity contribution in [3.8, 4) is 0 Å². The molecule has 0 aliphatic heterocycles. The molecule has 0 amide bonds. The van der Waals surface area contributed by atoms with Gasteiger partial charge in [0, 0.05) is 12.8 Å². The zero-order valence-corrected chi connectivity index (χ0v) is 24.2. The Morgan fingerprint density at radius 3 is 1.49 bits per heavy atom. The molecule has 0 aromatic carbocycles. The van der Waals surface area contributed by atoms with Gasteiger partial charge in [0.1, 0.15) is 0 Å². The number of ether oxygens (including phenoxy) is 2. The normalized spacial score (nSPS) is 12.3. The van der Waals surface area contributed by atoms with Crippen molar-refractivity contribution in [2.24, 2.45) is 17.8 Å². The highest BCUT2D eigenvalue weighted by atomic mass is 16.5. The van der Waals surface area contributed by atoms with Gasteiger partial charge in [0.2, 0.25) is 0 Å². The highest BCUT2D eigenvalue weighted by Crippen LogP contribution is 2.19. The van der Waals surface area contributed by atoms with Crippen molar-refractivity contribution in [3.05, 3.63) is 0 Å². The molecule has 0 radical (unpaired) electrons. The minimum absolute atomic E-state index is 0.00892. The smallest absolute Gasteiger partial charge is 0.306 e. The molecule has 0 bridgehead atoms. The molecule has 0 spiro atoms. The second-order valence-corrected chi connectivity index (χ2v) is 11.4. The highest BCUT2D eigenvalue weighted by molar-refractivity contribution is 5.69. The fourth-order valence-corrected chi connectivity index (χ4v) is 4.44. The maximum Gasteiger partial charge on any atom is 0.306 e. The lowest BCUT2D eigenvalue weighted by Gasteiger charge is -2.14. The zero-order chi connectivity index (χ0) is 26.2. The van der Waals surface area contributed by atoms with Crippen molar-refractivity contribution in [2.45, 2.75) is 157 Å². The molecule has 0 aromatic heterocycles. The summed E-state index contributed by atoms with van der Waals surface area (Å²) < 4.78 is 10.8. The van der Waals surface area contributed by atoms with E-state index >= 15 is 0 Å². The molecule has 0 saturated carbocycles. The Morgan fingerprint density at radius 1 is 0.543 bits per heavy atom. The summed E-state index contributed by atoms with van der Waals surface area (Å²) in [6.07, 6.45) is 20.8. The van der Waals surface area contributed by atoms with Gasteiger partial charge in [0.05, 0.1) is 13.2 Å². The number of unbranched alkanes of at least 4 members (excludes halogenated alkanes) is 10. The van der Waals surface area contributed by atoms with E-state index in [1.165, 1.54) is 57.8 Å². The summed E-state index contributed by atoms with van der Waals surface area (Å²) in [5.74, 6) is 1.96. The number of rotatable bonds is 25. The molecule has 0 N–H and O–H groups in total. The van der Waals surface area contributed by atoms with Crippen molar-refractivity contribution in [3.63, 3.8) is 0 Å². The molecule has 0 saturated heterocycles. The predicted molar refractivity (Wildman–Crippen MR) is 148 cm³/mol.